The molecule has 59 valence electrons. The van der Waals surface area contributed by atoms with E-state index in [9.17, 15) is 0 Å². The molecule has 4 heteroatoms. The molecule has 4 nitrogen and oxygen atoms in total. The SMILES string of the molecule is Nc1nc(N)c2c[c]ccc2n1. The molecule has 2 aromatic rings. The maximum absolute atomic E-state index is 5.61. The minimum atomic E-state index is 0.200. The largest absolute Gasteiger partial charge is 0.383 e. The standard InChI is InChI=1S/C8H7N4/c9-7-5-3-1-2-4-6(5)11-8(10)12-7/h2-4H,(H4,9,10,11,12). The van der Waals surface area contributed by atoms with Crippen LogP contribution in [0.5, 0.6) is 0 Å². The van der Waals surface area contributed by atoms with Crippen molar-refractivity contribution in [2.24, 2.45) is 0 Å². The zero-order valence-corrected chi connectivity index (χ0v) is 6.28. The summed E-state index contributed by atoms with van der Waals surface area (Å²) in [6.45, 7) is 0. The third kappa shape index (κ3) is 0.934. The molecule has 1 aromatic carbocycles. The number of nitrogen functional groups attached to an aromatic ring is 2. The molecule has 1 aromatic heterocycles. The van der Waals surface area contributed by atoms with E-state index in [4.69, 9.17) is 11.5 Å². The highest BCUT2D eigenvalue weighted by Gasteiger charge is 2.00. The molecule has 0 aliphatic heterocycles. The highest BCUT2D eigenvalue weighted by atomic mass is 15.0. The van der Waals surface area contributed by atoms with E-state index in [1.807, 2.05) is 0 Å². The second-order valence-corrected chi connectivity index (χ2v) is 2.41. The Morgan fingerprint density at radius 3 is 2.92 bits per heavy atom. The first kappa shape index (κ1) is 6.84. The topological polar surface area (TPSA) is 77.8 Å². The van der Waals surface area contributed by atoms with Crippen molar-refractivity contribution >= 4 is 22.7 Å². The molecule has 1 radical (unpaired) electrons. The molecule has 0 bridgehead atoms. The average molecular weight is 159 g/mol. The van der Waals surface area contributed by atoms with Gasteiger partial charge in [0.1, 0.15) is 5.82 Å². The molecule has 0 fully saturated rings. The van der Waals surface area contributed by atoms with Crippen LogP contribution >= 0.6 is 0 Å². The van der Waals surface area contributed by atoms with Gasteiger partial charge in [-0.3, -0.25) is 0 Å². The maximum atomic E-state index is 5.61. The lowest BCUT2D eigenvalue weighted by molar-refractivity contribution is 1.25. The zero-order chi connectivity index (χ0) is 8.55. The van der Waals surface area contributed by atoms with Crippen LogP contribution in [0.15, 0.2) is 18.2 Å². The fourth-order valence-corrected chi connectivity index (χ4v) is 1.06. The van der Waals surface area contributed by atoms with Crippen molar-refractivity contribution in [3.63, 3.8) is 0 Å². The van der Waals surface area contributed by atoms with Crippen molar-refractivity contribution in [2.45, 2.75) is 0 Å². The van der Waals surface area contributed by atoms with Gasteiger partial charge >= 0.3 is 0 Å². The van der Waals surface area contributed by atoms with E-state index in [0.717, 1.165) is 10.9 Å². The van der Waals surface area contributed by atoms with Crippen molar-refractivity contribution in [3.8, 4) is 0 Å². The van der Waals surface area contributed by atoms with Gasteiger partial charge < -0.3 is 11.5 Å². The van der Waals surface area contributed by atoms with Crippen molar-refractivity contribution in [1.29, 1.82) is 0 Å². The van der Waals surface area contributed by atoms with Crippen molar-refractivity contribution < 1.29 is 0 Å². The molecule has 2 rings (SSSR count). The first-order chi connectivity index (χ1) is 5.77. The Morgan fingerprint density at radius 2 is 2.08 bits per heavy atom. The summed E-state index contributed by atoms with van der Waals surface area (Å²) in [5.74, 6) is 0.598. The van der Waals surface area contributed by atoms with Crippen molar-refractivity contribution in [3.05, 3.63) is 24.3 Å². The second-order valence-electron chi connectivity index (χ2n) is 2.41. The van der Waals surface area contributed by atoms with Gasteiger partial charge in [0.05, 0.1) is 5.52 Å². The van der Waals surface area contributed by atoms with Crippen LogP contribution in [0, 0.1) is 6.07 Å². The van der Waals surface area contributed by atoms with E-state index < -0.39 is 0 Å². The van der Waals surface area contributed by atoms with Crippen LogP contribution < -0.4 is 11.5 Å². The highest BCUT2D eigenvalue weighted by Crippen LogP contribution is 2.16. The molecule has 12 heavy (non-hydrogen) atoms. The molecule has 0 aliphatic carbocycles. The molecule has 0 amide bonds. The highest BCUT2D eigenvalue weighted by molar-refractivity contribution is 5.88. The molecule has 0 saturated heterocycles. The number of nitrogens with two attached hydrogens (primary N) is 2. The summed E-state index contributed by atoms with van der Waals surface area (Å²) in [6.07, 6.45) is 0. The first-order valence-electron chi connectivity index (χ1n) is 3.46. The Hall–Kier alpha value is -1.84. The van der Waals surface area contributed by atoms with Crippen LogP contribution in [0.25, 0.3) is 10.9 Å². The van der Waals surface area contributed by atoms with Gasteiger partial charge in [0, 0.05) is 5.39 Å². The molecule has 0 spiro atoms. The Kier molecular flexibility index (Phi) is 1.33. The number of anilines is 2. The number of rotatable bonds is 0. The zero-order valence-electron chi connectivity index (χ0n) is 6.28. The monoisotopic (exact) mass is 159 g/mol. The Balaban J connectivity index is 2.89. The fraction of sp³-hybridized carbons (Fsp3) is 0. The summed E-state index contributed by atoms with van der Waals surface area (Å²) >= 11 is 0. The fourth-order valence-electron chi connectivity index (χ4n) is 1.06. The van der Waals surface area contributed by atoms with Crippen molar-refractivity contribution in [1.82, 2.24) is 9.97 Å². The van der Waals surface area contributed by atoms with Gasteiger partial charge in [-0.15, -0.1) is 0 Å². The third-order valence-corrected chi connectivity index (χ3v) is 1.59. The number of fused-ring (bicyclic) bond motifs is 1. The minimum Gasteiger partial charge on any atom is -0.383 e. The summed E-state index contributed by atoms with van der Waals surface area (Å²) in [6, 6.07) is 8.19. The molecule has 1 heterocycles. The smallest absolute Gasteiger partial charge is 0.222 e. The van der Waals surface area contributed by atoms with Crippen LogP contribution in [0.2, 0.25) is 0 Å². The maximum Gasteiger partial charge on any atom is 0.222 e. The molecular weight excluding hydrogens is 152 g/mol. The van der Waals surface area contributed by atoms with Gasteiger partial charge in [0.25, 0.3) is 0 Å². The van der Waals surface area contributed by atoms with E-state index in [1.165, 1.54) is 0 Å². The summed E-state index contributed by atoms with van der Waals surface area (Å²) in [7, 11) is 0. The van der Waals surface area contributed by atoms with Crippen LogP contribution in [0.1, 0.15) is 0 Å². The number of hydrogen-bond acceptors (Lipinski definition) is 4. The molecule has 0 unspecified atom stereocenters. The van der Waals surface area contributed by atoms with Crippen molar-refractivity contribution in [2.75, 3.05) is 11.5 Å². The quantitative estimate of drug-likeness (QED) is 0.589. The molecule has 0 saturated carbocycles. The lowest BCUT2D eigenvalue weighted by Gasteiger charge is -2.00. The summed E-state index contributed by atoms with van der Waals surface area (Å²) in [5.41, 5.74) is 11.8. The predicted octanol–water partition coefficient (Wildman–Crippen LogP) is 0.594. The van der Waals surface area contributed by atoms with Crippen LogP contribution in [0.3, 0.4) is 0 Å². The van der Waals surface area contributed by atoms with Gasteiger partial charge in [0.2, 0.25) is 5.95 Å². The van der Waals surface area contributed by atoms with E-state index in [-0.39, 0.29) is 5.95 Å². The van der Waals surface area contributed by atoms with Gasteiger partial charge in [-0.25, -0.2) is 4.98 Å². The van der Waals surface area contributed by atoms with Gasteiger partial charge in [-0.2, -0.15) is 4.98 Å². The summed E-state index contributed by atoms with van der Waals surface area (Å²) in [4.78, 5) is 7.83. The molecule has 0 aliphatic rings. The average Bonchev–Trinajstić information content (AvgIpc) is 2.04. The number of aromatic nitrogens is 2. The Labute approximate surface area is 69.2 Å². The lowest BCUT2D eigenvalue weighted by Crippen LogP contribution is -1.99. The number of benzene rings is 1. The summed E-state index contributed by atoms with van der Waals surface area (Å²) < 4.78 is 0. The van der Waals surface area contributed by atoms with E-state index >= 15 is 0 Å². The van der Waals surface area contributed by atoms with Gasteiger partial charge in [0.15, 0.2) is 0 Å². The number of nitrogens with zero attached hydrogens (tertiary/aromatic N) is 2. The van der Waals surface area contributed by atoms with Gasteiger partial charge in [-0.1, -0.05) is 6.07 Å². The first-order valence-corrected chi connectivity index (χ1v) is 3.46. The van der Waals surface area contributed by atoms with E-state index in [2.05, 4.69) is 16.0 Å². The third-order valence-electron chi connectivity index (χ3n) is 1.59. The Morgan fingerprint density at radius 1 is 1.25 bits per heavy atom. The van der Waals surface area contributed by atoms with E-state index in [0.29, 0.717) is 5.82 Å². The molecule has 4 N–H and O–H groups in total. The van der Waals surface area contributed by atoms with Crippen LogP contribution in [-0.2, 0) is 0 Å². The second kappa shape index (κ2) is 2.34. The van der Waals surface area contributed by atoms with Crippen LogP contribution in [0.4, 0.5) is 11.8 Å². The lowest BCUT2D eigenvalue weighted by atomic mass is 10.2. The minimum absolute atomic E-state index is 0.200. The summed E-state index contributed by atoms with van der Waals surface area (Å²) in [5, 5.41) is 0.784. The molecule has 0 atom stereocenters. The molecular formula is C8H7N4. The van der Waals surface area contributed by atoms with Gasteiger partial charge in [-0.05, 0) is 18.2 Å². The van der Waals surface area contributed by atoms with Crippen LogP contribution in [-0.4, -0.2) is 9.97 Å². The number of hydrogen-bond donors (Lipinski definition) is 2. The predicted molar refractivity (Wildman–Crippen MR) is 47.2 cm³/mol. The van der Waals surface area contributed by atoms with E-state index in [1.54, 1.807) is 18.2 Å². The Bertz CT molecular complexity index is 424. The normalized spacial score (nSPS) is 10.3.